The lowest BCUT2D eigenvalue weighted by Gasteiger charge is -2.26. The van der Waals surface area contributed by atoms with E-state index >= 15 is 0 Å². The van der Waals surface area contributed by atoms with Crippen molar-refractivity contribution in [3.8, 4) is 0 Å². The first kappa shape index (κ1) is 15.6. The molecule has 1 unspecified atom stereocenters. The summed E-state index contributed by atoms with van der Waals surface area (Å²) in [5.74, 6) is -1.09. The minimum Gasteiger partial charge on any atom is -0.324 e. The van der Waals surface area contributed by atoms with Gasteiger partial charge >= 0.3 is 0 Å². The maximum Gasteiger partial charge on any atom is 0.129 e. The molecule has 2 rings (SSSR count). The van der Waals surface area contributed by atoms with Gasteiger partial charge < -0.3 is 5.73 Å². The van der Waals surface area contributed by atoms with Gasteiger partial charge in [0.15, 0.2) is 0 Å². The Labute approximate surface area is 124 Å². The third-order valence-electron chi connectivity index (χ3n) is 3.65. The molecule has 0 aromatic heterocycles. The van der Waals surface area contributed by atoms with Crippen molar-refractivity contribution in [3.63, 3.8) is 0 Å². The first-order chi connectivity index (χ1) is 9.80. The molecule has 2 N–H and O–H groups in total. The quantitative estimate of drug-likeness (QED) is 0.884. The van der Waals surface area contributed by atoms with E-state index in [1.54, 1.807) is 0 Å². The topological polar surface area (TPSA) is 26.0 Å². The third kappa shape index (κ3) is 3.48. The van der Waals surface area contributed by atoms with Crippen LogP contribution in [0.5, 0.6) is 0 Å². The molecular formula is C18H21F2N. The molecule has 1 nitrogen and oxygen atoms in total. The van der Waals surface area contributed by atoms with Gasteiger partial charge in [0.1, 0.15) is 11.6 Å². The van der Waals surface area contributed by atoms with Gasteiger partial charge in [0.2, 0.25) is 0 Å². The first-order valence-corrected chi connectivity index (χ1v) is 7.08. The molecule has 0 aliphatic rings. The smallest absolute Gasteiger partial charge is 0.129 e. The molecule has 112 valence electrons. The molecular weight excluding hydrogens is 268 g/mol. The predicted molar refractivity (Wildman–Crippen MR) is 82.1 cm³/mol. The van der Waals surface area contributed by atoms with Gasteiger partial charge in [-0.05, 0) is 35.1 Å². The summed E-state index contributed by atoms with van der Waals surface area (Å²) in [4.78, 5) is 0. The number of benzene rings is 2. The second-order valence-electron chi connectivity index (χ2n) is 6.35. The average Bonchev–Trinajstić information content (AvgIpc) is 2.42. The molecule has 0 saturated carbocycles. The van der Waals surface area contributed by atoms with Crippen molar-refractivity contribution in [1.29, 1.82) is 0 Å². The summed E-state index contributed by atoms with van der Waals surface area (Å²) in [6.45, 7) is 6.30. The lowest BCUT2D eigenvalue weighted by molar-refractivity contribution is 0.531. The summed E-state index contributed by atoms with van der Waals surface area (Å²) in [5, 5.41) is 0. The molecule has 0 amide bonds. The fourth-order valence-corrected chi connectivity index (χ4v) is 2.56. The van der Waals surface area contributed by atoms with Gasteiger partial charge in [0, 0.05) is 11.6 Å². The average molecular weight is 289 g/mol. The Hall–Kier alpha value is -1.74. The zero-order valence-electron chi connectivity index (χ0n) is 12.7. The molecule has 3 heteroatoms. The van der Waals surface area contributed by atoms with E-state index in [9.17, 15) is 8.78 Å². The Kier molecular flexibility index (Phi) is 4.43. The second-order valence-corrected chi connectivity index (χ2v) is 6.35. The van der Waals surface area contributed by atoms with Crippen LogP contribution in [0.4, 0.5) is 8.78 Å². The molecule has 0 aliphatic carbocycles. The maximum absolute atomic E-state index is 13.8. The van der Waals surface area contributed by atoms with E-state index in [1.165, 1.54) is 18.2 Å². The summed E-state index contributed by atoms with van der Waals surface area (Å²) in [5.41, 5.74) is 8.25. The van der Waals surface area contributed by atoms with Crippen molar-refractivity contribution in [2.24, 2.45) is 5.73 Å². The van der Waals surface area contributed by atoms with Crippen LogP contribution in [0.2, 0.25) is 0 Å². The zero-order chi connectivity index (χ0) is 15.6. The Bertz CT molecular complexity index is 609. The van der Waals surface area contributed by atoms with E-state index in [-0.39, 0.29) is 17.4 Å². The van der Waals surface area contributed by atoms with Crippen LogP contribution in [0.1, 0.15) is 43.5 Å². The summed E-state index contributed by atoms with van der Waals surface area (Å²) in [7, 11) is 0. The van der Waals surface area contributed by atoms with Crippen LogP contribution in [0, 0.1) is 11.6 Å². The van der Waals surface area contributed by atoms with Crippen LogP contribution in [0.15, 0.2) is 42.5 Å². The van der Waals surface area contributed by atoms with E-state index in [0.717, 1.165) is 11.1 Å². The number of halogens is 2. The molecule has 21 heavy (non-hydrogen) atoms. The normalized spacial score (nSPS) is 13.2. The summed E-state index contributed by atoms with van der Waals surface area (Å²) in [6, 6.07) is 11.3. The van der Waals surface area contributed by atoms with Gasteiger partial charge in [-0.25, -0.2) is 8.78 Å². The maximum atomic E-state index is 13.8. The predicted octanol–water partition coefficient (Wildman–Crippen LogP) is 4.50. The molecule has 2 aromatic carbocycles. The summed E-state index contributed by atoms with van der Waals surface area (Å²) in [6.07, 6.45) is 0.144. The monoisotopic (exact) mass is 289 g/mol. The number of nitrogens with two attached hydrogens (primary N) is 1. The van der Waals surface area contributed by atoms with Crippen molar-refractivity contribution in [2.75, 3.05) is 0 Å². The van der Waals surface area contributed by atoms with Crippen LogP contribution in [-0.2, 0) is 11.8 Å². The summed E-state index contributed by atoms with van der Waals surface area (Å²) >= 11 is 0. The number of hydrogen-bond donors (Lipinski definition) is 1. The number of rotatable bonds is 3. The Morgan fingerprint density at radius 2 is 1.52 bits per heavy atom. The molecule has 0 fully saturated rings. The Morgan fingerprint density at radius 3 is 2.10 bits per heavy atom. The lowest BCUT2D eigenvalue weighted by atomic mass is 9.81. The molecule has 0 spiro atoms. The van der Waals surface area contributed by atoms with Crippen LogP contribution in [0.25, 0.3) is 0 Å². The van der Waals surface area contributed by atoms with Crippen LogP contribution < -0.4 is 5.73 Å². The fourth-order valence-electron chi connectivity index (χ4n) is 2.56. The second kappa shape index (κ2) is 5.94. The largest absolute Gasteiger partial charge is 0.324 e. The minimum atomic E-state index is -0.543. The van der Waals surface area contributed by atoms with Crippen molar-refractivity contribution in [1.82, 2.24) is 0 Å². The highest BCUT2D eigenvalue weighted by Crippen LogP contribution is 2.30. The molecule has 0 radical (unpaired) electrons. The first-order valence-electron chi connectivity index (χ1n) is 7.08. The lowest BCUT2D eigenvalue weighted by Crippen LogP contribution is -2.22. The molecule has 0 aliphatic heterocycles. The van der Waals surface area contributed by atoms with Crippen molar-refractivity contribution < 1.29 is 8.78 Å². The van der Waals surface area contributed by atoms with Crippen LogP contribution >= 0.6 is 0 Å². The number of hydrogen-bond acceptors (Lipinski definition) is 1. The Morgan fingerprint density at radius 1 is 0.952 bits per heavy atom. The van der Waals surface area contributed by atoms with E-state index in [4.69, 9.17) is 5.73 Å². The van der Waals surface area contributed by atoms with Gasteiger partial charge in [-0.2, -0.15) is 0 Å². The van der Waals surface area contributed by atoms with Gasteiger partial charge in [-0.3, -0.25) is 0 Å². The van der Waals surface area contributed by atoms with Gasteiger partial charge in [0.25, 0.3) is 0 Å². The van der Waals surface area contributed by atoms with Crippen LogP contribution in [-0.4, -0.2) is 0 Å². The zero-order valence-corrected chi connectivity index (χ0v) is 12.7. The molecule has 2 aromatic rings. The van der Waals surface area contributed by atoms with E-state index in [0.29, 0.717) is 0 Å². The standard InChI is InChI=1S/C18H21F2N/c1-18(2,3)14-8-5-4-7-12(14)17(21)11-13-15(19)9-6-10-16(13)20/h4-10,17H,11,21H2,1-3H3. The highest BCUT2D eigenvalue weighted by molar-refractivity contribution is 5.36. The van der Waals surface area contributed by atoms with Crippen LogP contribution in [0.3, 0.4) is 0 Å². The SMILES string of the molecule is CC(C)(C)c1ccccc1C(N)Cc1c(F)cccc1F. The molecule has 1 atom stereocenters. The third-order valence-corrected chi connectivity index (χ3v) is 3.65. The molecule has 0 bridgehead atoms. The van der Waals surface area contributed by atoms with E-state index in [2.05, 4.69) is 20.8 Å². The summed E-state index contributed by atoms with van der Waals surface area (Å²) < 4.78 is 27.5. The van der Waals surface area contributed by atoms with Crippen molar-refractivity contribution in [2.45, 2.75) is 38.6 Å². The van der Waals surface area contributed by atoms with Gasteiger partial charge in [-0.15, -0.1) is 0 Å². The van der Waals surface area contributed by atoms with Crippen molar-refractivity contribution >= 4 is 0 Å². The highest BCUT2D eigenvalue weighted by atomic mass is 19.1. The Balaban J connectivity index is 2.36. The van der Waals surface area contributed by atoms with Gasteiger partial charge in [0.05, 0.1) is 0 Å². The molecule has 0 saturated heterocycles. The van der Waals surface area contributed by atoms with Gasteiger partial charge in [-0.1, -0.05) is 51.1 Å². The fraction of sp³-hybridized carbons (Fsp3) is 0.333. The van der Waals surface area contributed by atoms with E-state index in [1.807, 2.05) is 24.3 Å². The highest BCUT2D eigenvalue weighted by Gasteiger charge is 2.22. The molecule has 0 heterocycles. The van der Waals surface area contributed by atoms with E-state index < -0.39 is 17.7 Å². The van der Waals surface area contributed by atoms with Crippen molar-refractivity contribution in [3.05, 3.63) is 70.8 Å². The minimum absolute atomic E-state index is 0.0497.